The Morgan fingerprint density at radius 3 is 2.79 bits per heavy atom. The van der Waals surface area contributed by atoms with Crippen LogP contribution in [0.1, 0.15) is 12.0 Å². The number of halogens is 1. The van der Waals surface area contributed by atoms with Crippen molar-refractivity contribution in [3.05, 3.63) is 76.6 Å². The zero-order chi connectivity index (χ0) is 19.9. The van der Waals surface area contributed by atoms with Gasteiger partial charge < -0.3 is 10.2 Å². The van der Waals surface area contributed by atoms with E-state index in [9.17, 15) is 14.0 Å². The predicted molar refractivity (Wildman–Crippen MR) is 106 cm³/mol. The fourth-order valence-corrected chi connectivity index (χ4v) is 3.01. The summed E-state index contributed by atoms with van der Waals surface area (Å²) in [4.78, 5) is 30.8. The van der Waals surface area contributed by atoms with E-state index in [1.54, 1.807) is 0 Å². The molecular formula is C21H23FN4O2. The molecule has 146 valence electrons. The minimum absolute atomic E-state index is 0.141. The number of aromatic nitrogens is 2. The average Bonchev–Trinajstić information content (AvgIpc) is 2.69. The molecular weight excluding hydrogens is 359 g/mol. The SMILES string of the molecule is CN(CCCNC(=O)Cn1cnc2ccc(F)cc2c1=O)Cc1ccccc1. The summed E-state index contributed by atoms with van der Waals surface area (Å²) in [5, 5.41) is 2.97. The highest BCUT2D eigenvalue weighted by molar-refractivity contribution is 5.78. The van der Waals surface area contributed by atoms with Gasteiger partial charge in [0.05, 0.1) is 17.2 Å². The van der Waals surface area contributed by atoms with E-state index in [-0.39, 0.29) is 17.8 Å². The molecule has 6 nitrogen and oxygen atoms in total. The smallest absolute Gasteiger partial charge is 0.261 e. The van der Waals surface area contributed by atoms with Crippen molar-refractivity contribution in [1.29, 1.82) is 0 Å². The second-order valence-electron chi connectivity index (χ2n) is 6.77. The molecule has 0 aliphatic carbocycles. The Morgan fingerprint density at radius 1 is 1.21 bits per heavy atom. The molecule has 0 saturated carbocycles. The van der Waals surface area contributed by atoms with Gasteiger partial charge in [-0.2, -0.15) is 0 Å². The molecule has 1 amide bonds. The maximum atomic E-state index is 13.4. The van der Waals surface area contributed by atoms with Crippen molar-refractivity contribution in [2.24, 2.45) is 0 Å². The lowest BCUT2D eigenvalue weighted by Crippen LogP contribution is -2.34. The van der Waals surface area contributed by atoms with Crippen LogP contribution in [0.15, 0.2) is 59.7 Å². The maximum Gasteiger partial charge on any atom is 0.261 e. The fraction of sp³-hybridized carbons (Fsp3) is 0.286. The molecule has 1 aromatic heterocycles. The maximum absolute atomic E-state index is 13.4. The molecule has 0 bridgehead atoms. The molecule has 3 aromatic rings. The topological polar surface area (TPSA) is 67.2 Å². The summed E-state index contributed by atoms with van der Waals surface area (Å²) >= 11 is 0. The number of rotatable bonds is 8. The summed E-state index contributed by atoms with van der Waals surface area (Å²) in [6, 6.07) is 14.0. The highest BCUT2D eigenvalue weighted by atomic mass is 19.1. The lowest BCUT2D eigenvalue weighted by atomic mass is 10.2. The van der Waals surface area contributed by atoms with Gasteiger partial charge in [-0.3, -0.25) is 14.2 Å². The Hall–Kier alpha value is -3.06. The monoisotopic (exact) mass is 382 g/mol. The van der Waals surface area contributed by atoms with Crippen LogP contribution >= 0.6 is 0 Å². The van der Waals surface area contributed by atoms with Gasteiger partial charge in [0.1, 0.15) is 12.4 Å². The highest BCUT2D eigenvalue weighted by Gasteiger charge is 2.09. The first-order valence-corrected chi connectivity index (χ1v) is 9.17. The fourth-order valence-electron chi connectivity index (χ4n) is 3.01. The second kappa shape index (κ2) is 9.23. The van der Waals surface area contributed by atoms with Crippen LogP contribution in [0.5, 0.6) is 0 Å². The zero-order valence-electron chi connectivity index (χ0n) is 15.8. The van der Waals surface area contributed by atoms with Crippen molar-refractivity contribution in [2.45, 2.75) is 19.5 Å². The third kappa shape index (κ3) is 5.23. The summed E-state index contributed by atoms with van der Waals surface area (Å²) in [5.74, 6) is -0.779. The van der Waals surface area contributed by atoms with Crippen molar-refractivity contribution >= 4 is 16.8 Å². The van der Waals surface area contributed by atoms with Crippen LogP contribution in [0.4, 0.5) is 4.39 Å². The molecule has 0 aliphatic rings. The van der Waals surface area contributed by atoms with Crippen molar-refractivity contribution in [3.8, 4) is 0 Å². The van der Waals surface area contributed by atoms with Crippen LogP contribution in [0.2, 0.25) is 0 Å². The molecule has 0 atom stereocenters. The van der Waals surface area contributed by atoms with E-state index in [0.717, 1.165) is 25.6 Å². The summed E-state index contributed by atoms with van der Waals surface area (Å²) in [5.41, 5.74) is 1.22. The molecule has 0 radical (unpaired) electrons. The van der Waals surface area contributed by atoms with Gasteiger partial charge in [0, 0.05) is 13.1 Å². The van der Waals surface area contributed by atoms with E-state index in [4.69, 9.17) is 0 Å². The minimum atomic E-state index is -0.506. The normalized spacial score (nSPS) is 11.1. The van der Waals surface area contributed by atoms with Gasteiger partial charge in [0.2, 0.25) is 5.91 Å². The number of hydrogen-bond acceptors (Lipinski definition) is 4. The molecule has 7 heteroatoms. The number of carbonyl (C=O) groups is 1. The molecule has 2 aromatic carbocycles. The lowest BCUT2D eigenvalue weighted by Gasteiger charge is -2.16. The third-order valence-electron chi connectivity index (χ3n) is 4.43. The van der Waals surface area contributed by atoms with Crippen LogP contribution in [-0.4, -0.2) is 40.5 Å². The molecule has 1 heterocycles. The van der Waals surface area contributed by atoms with Gasteiger partial charge >= 0.3 is 0 Å². The van der Waals surface area contributed by atoms with E-state index >= 15 is 0 Å². The molecule has 3 rings (SSSR count). The Morgan fingerprint density at radius 2 is 2.00 bits per heavy atom. The second-order valence-corrected chi connectivity index (χ2v) is 6.77. The molecule has 0 spiro atoms. The molecule has 0 aliphatic heterocycles. The largest absolute Gasteiger partial charge is 0.354 e. The molecule has 28 heavy (non-hydrogen) atoms. The van der Waals surface area contributed by atoms with E-state index in [1.807, 2.05) is 25.2 Å². The first-order valence-electron chi connectivity index (χ1n) is 9.17. The Bertz CT molecular complexity index is 1000. The summed E-state index contributed by atoms with van der Waals surface area (Å²) in [6.45, 7) is 2.07. The van der Waals surface area contributed by atoms with E-state index < -0.39 is 11.4 Å². The van der Waals surface area contributed by atoms with Gasteiger partial charge in [-0.25, -0.2) is 9.37 Å². The number of amides is 1. The van der Waals surface area contributed by atoms with Crippen LogP contribution in [-0.2, 0) is 17.9 Å². The molecule has 0 saturated heterocycles. The number of nitrogens with zero attached hydrogens (tertiary/aromatic N) is 3. The van der Waals surface area contributed by atoms with Gasteiger partial charge in [0.15, 0.2) is 0 Å². The predicted octanol–water partition coefficient (Wildman–Crippen LogP) is 2.17. The number of carbonyl (C=O) groups excluding carboxylic acids is 1. The van der Waals surface area contributed by atoms with Crippen LogP contribution in [0.25, 0.3) is 10.9 Å². The lowest BCUT2D eigenvalue weighted by molar-refractivity contribution is -0.121. The van der Waals surface area contributed by atoms with Gasteiger partial charge in [-0.05, 0) is 43.8 Å². The van der Waals surface area contributed by atoms with E-state index in [1.165, 1.54) is 28.6 Å². The first kappa shape index (κ1) is 19.7. The van der Waals surface area contributed by atoms with Gasteiger partial charge in [-0.15, -0.1) is 0 Å². The van der Waals surface area contributed by atoms with Crippen molar-refractivity contribution < 1.29 is 9.18 Å². The quantitative estimate of drug-likeness (QED) is 0.607. The van der Waals surface area contributed by atoms with Crippen LogP contribution in [0, 0.1) is 5.82 Å². The van der Waals surface area contributed by atoms with Gasteiger partial charge in [0.25, 0.3) is 5.56 Å². The van der Waals surface area contributed by atoms with Crippen molar-refractivity contribution in [3.63, 3.8) is 0 Å². The van der Waals surface area contributed by atoms with E-state index in [0.29, 0.717) is 12.1 Å². The van der Waals surface area contributed by atoms with Crippen LogP contribution < -0.4 is 10.9 Å². The highest BCUT2D eigenvalue weighted by Crippen LogP contribution is 2.08. The molecule has 1 N–H and O–H groups in total. The van der Waals surface area contributed by atoms with Crippen LogP contribution in [0.3, 0.4) is 0 Å². The first-order chi connectivity index (χ1) is 13.5. The summed E-state index contributed by atoms with van der Waals surface area (Å²) in [7, 11) is 2.04. The number of benzene rings is 2. The van der Waals surface area contributed by atoms with E-state index in [2.05, 4.69) is 27.3 Å². The van der Waals surface area contributed by atoms with Gasteiger partial charge in [-0.1, -0.05) is 30.3 Å². The Kier molecular flexibility index (Phi) is 6.49. The minimum Gasteiger partial charge on any atom is -0.354 e. The number of hydrogen-bond donors (Lipinski definition) is 1. The number of fused-ring (bicyclic) bond motifs is 1. The zero-order valence-corrected chi connectivity index (χ0v) is 15.8. The summed E-state index contributed by atoms with van der Waals surface area (Å²) < 4.78 is 14.6. The third-order valence-corrected chi connectivity index (χ3v) is 4.43. The van der Waals surface area contributed by atoms with Crippen molar-refractivity contribution in [1.82, 2.24) is 19.8 Å². The molecule has 0 fully saturated rings. The Balaban J connectivity index is 1.46. The standard InChI is InChI=1S/C21H23FN4O2/c1-25(13-16-6-3-2-4-7-16)11-5-10-23-20(27)14-26-15-24-19-9-8-17(22)12-18(19)21(26)28/h2-4,6-9,12,15H,5,10-11,13-14H2,1H3,(H,23,27). The Labute approximate surface area is 162 Å². The summed E-state index contributed by atoms with van der Waals surface area (Å²) in [6.07, 6.45) is 2.11. The molecule has 0 unspecified atom stereocenters. The van der Waals surface area contributed by atoms with Crippen molar-refractivity contribution in [2.75, 3.05) is 20.1 Å². The number of nitrogens with one attached hydrogen (secondary N) is 1. The average molecular weight is 382 g/mol.